The predicted molar refractivity (Wildman–Crippen MR) is 108 cm³/mol. The molecule has 0 saturated heterocycles. The van der Waals surface area contributed by atoms with Gasteiger partial charge >= 0.3 is 0 Å². The molecule has 0 saturated carbocycles. The average Bonchev–Trinajstić information content (AvgIpc) is 2.60. The highest BCUT2D eigenvalue weighted by Crippen LogP contribution is 2.01. The number of rotatable bonds is 16. The minimum Gasteiger partial charge on any atom is -0.369 e. The summed E-state index contributed by atoms with van der Waals surface area (Å²) in [6.45, 7) is 3.46. The van der Waals surface area contributed by atoms with Gasteiger partial charge in [0.15, 0.2) is 0 Å². The zero-order valence-corrected chi connectivity index (χ0v) is 15.6. The molecule has 0 fully saturated rings. The van der Waals surface area contributed by atoms with E-state index in [1.165, 1.54) is 32.1 Å². The van der Waals surface area contributed by atoms with Gasteiger partial charge in [0.1, 0.15) is 6.61 Å². The monoisotopic (exact) mass is 328 g/mol. The molecule has 0 aromatic carbocycles. The van der Waals surface area contributed by atoms with E-state index < -0.39 is 0 Å². The van der Waals surface area contributed by atoms with Crippen LogP contribution in [0.15, 0.2) is 48.6 Å². The number of terminal acetylenes is 1. The van der Waals surface area contributed by atoms with E-state index in [9.17, 15) is 0 Å². The van der Waals surface area contributed by atoms with Crippen molar-refractivity contribution in [2.24, 2.45) is 0 Å². The van der Waals surface area contributed by atoms with E-state index in [1.54, 1.807) is 0 Å². The maximum absolute atomic E-state index is 5.23. The smallest absolute Gasteiger partial charge is 0.107 e. The van der Waals surface area contributed by atoms with E-state index in [4.69, 9.17) is 11.2 Å². The van der Waals surface area contributed by atoms with Crippen LogP contribution < -0.4 is 0 Å². The summed E-state index contributed by atoms with van der Waals surface area (Å²) in [5, 5.41) is 0. The number of hydrogen-bond donors (Lipinski definition) is 0. The zero-order chi connectivity index (χ0) is 17.6. The van der Waals surface area contributed by atoms with Crippen molar-refractivity contribution in [1.82, 2.24) is 0 Å². The average molecular weight is 329 g/mol. The lowest BCUT2D eigenvalue weighted by molar-refractivity contribution is 0.163. The Hall–Kier alpha value is -1.52. The minimum absolute atomic E-state index is 0.435. The second-order valence-corrected chi connectivity index (χ2v) is 5.84. The third-order valence-corrected chi connectivity index (χ3v) is 3.55. The molecular weight excluding hydrogens is 292 g/mol. The summed E-state index contributed by atoms with van der Waals surface area (Å²) in [7, 11) is 0. The summed E-state index contributed by atoms with van der Waals surface area (Å²) in [4.78, 5) is 0. The van der Waals surface area contributed by atoms with E-state index in [-0.39, 0.29) is 0 Å². The molecular formula is C23H36O. The van der Waals surface area contributed by atoms with Gasteiger partial charge in [-0.3, -0.25) is 0 Å². The van der Waals surface area contributed by atoms with Crippen LogP contribution >= 0.6 is 0 Å². The first-order valence-corrected chi connectivity index (χ1v) is 9.53. The van der Waals surface area contributed by atoms with Crippen LogP contribution in [-0.4, -0.2) is 13.2 Å². The molecule has 1 nitrogen and oxygen atoms in total. The Morgan fingerprint density at radius 3 is 1.71 bits per heavy atom. The molecule has 134 valence electrons. The molecule has 1 heteroatoms. The van der Waals surface area contributed by atoms with Crippen LogP contribution in [0.1, 0.15) is 71.1 Å². The molecule has 0 spiro atoms. The largest absolute Gasteiger partial charge is 0.369 e. The molecule has 0 aliphatic carbocycles. The molecule has 0 N–H and O–H groups in total. The van der Waals surface area contributed by atoms with E-state index in [0.29, 0.717) is 6.61 Å². The topological polar surface area (TPSA) is 9.23 Å². The van der Waals surface area contributed by atoms with Gasteiger partial charge in [0.2, 0.25) is 0 Å². The van der Waals surface area contributed by atoms with E-state index >= 15 is 0 Å². The van der Waals surface area contributed by atoms with Crippen molar-refractivity contribution in [2.75, 3.05) is 13.2 Å². The molecule has 0 aliphatic rings. The summed E-state index contributed by atoms with van der Waals surface area (Å²) in [6.07, 6.45) is 34.8. The van der Waals surface area contributed by atoms with Crippen molar-refractivity contribution < 1.29 is 4.74 Å². The Morgan fingerprint density at radius 2 is 1.21 bits per heavy atom. The standard InChI is InChI=1S/C23H36O/c1-3-5-6-7-8-9-10-11-12-13-14-15-16-17-18-19-20-21-23-24-22-4-2/h2,8-9,11-12,14-15,17-18H,3,5-7,10,13,16,19-23H2,1H3/b9-8-,12-11-,15-14-,18-17-. The van der Waals surface area contributed by atoms with Crippen molar-refractivity contribution in [1.29, 1.82) is 0 Å². The summed E-state index contributed by atoms with van der Waals surface area (Å²) in [6, 6.07) is 0. The number of hydrogen-bond acceptors (Lipinski definition) is 1. The molecule has 0 aromatic heterocycles. The quantitative estimate of drug-likeness (QED) is 0.172. The molecule has 0 aromatic rings. The number of unbranched alkanes of at least 4 members (excludes halogenated alkanes) is 5. The lowest BCUT2D eigenvalue weighted by Crippen LogP contribution is -1.93. The van der Waals surface area contributed by atoms with Crippen LogP contribution in [0, 0.1) is 12.3 Å². The SMILES string of the molecule is C#CCOCCCC/C=C\C/C=C\C/C=C\C/C=C\CCCCC. The lowest BCUT2D eigenvalue weighted by atomic mass is 10.2. The molecule has 0 heterocycles. The Morgan fingerprint density at radius 1 is 0.708 bits per heavy atom. The Labute approximate surface area is 150 Å². The first-order valence-electron chi connectivity index (χ1n) is 9.53. The normalized spacial score (nSPS) is 12.2. The van der Waals surface area contributed by atoms with Gasteiger partial charge in [0, 0.05) is 6.61 Å². The summed E-state index contributed by atoms with van der Waals surface area (Å²) >= 11 is 0. The summed E-state index contributed by atoms with van der Waals surface area (Å²) in [5.41, 5.74) is 0. The molecule has 24 heavy (non-hydrogen) atoms. The van der Waals surface area contributed by atoms with Gasteiger partial charge in [0.25, 0.3) is 0 Å². The van der Waals surface area contributed by atoms with Crippen molar-refractivity contribution in [3.05, 3.63) is 48.6 Å². The number of ether oxygens (including phenoxy) is 1. The fourth-order valence-electron chi connectivity index (χ4n) is 2.16. The van der Waals surface area contributed by atoms with Gasteiger partial charge < -0.3 is 4.74 Å². The molecule has 0 amide bonds. The van der Waals surface area contributed by atoms with E-state index in [2.05, 4.69) is 61.5 Å². The molecule has 0 aliphatic heterocycles. The molecule has 0 atom stereocenters. The van der Waals surface area contributed by atoms with Gasteiger partial charge in [-0.15, -0.1) is 6.42 Å². The summed E-state index contributed by atoms with van der Waals surface area (Å²) in [5.74, 6) is 2.47. The van der Waals surface area contributed by atoms with E-state index in [0.717, 1.165) is 38.7 Å². The maximum Gasteiger partial charge on any atom is 0.107 e. The van der Waals surface area contributed by atoms with Crippen molar-refractivity contribution >= 4 is 0 Å². The van der Waals surface area contributed by atoms with Crippen LogP contribution in [0.4, 0.5) is 0 Å². The minimum atomic E-state index is 0.435. The summed E-state index contributed by atoms with van der Waals surface area (Å²) < 4.78 is 5.23. The highest BCUT2D eigenvalue weighted by molar-refractivity contribution is 4.99. The number of allylic oxidation sites excluding steroid dienone is 8. The van der Waals surface area contributed by atoms with Gasteiger partial charge in [-0.25, -0.2) is 0 Å². The molecule has 0 bridgehead atoms. The fourth-order valence-corrected chi connectivity index (χ4v) is 2.16. The Balaban J connectivity index is 3.35. The van der Waals surface area contributed by atoms with E-state index in [1.807, 2.05) is 0 Å². The van der Waals surface area contributed by atoms with Crippen LogP contribution in [0.5, 0.6) is 0 Å². The second-order valence-electron chi connectivity index (χ2n) is 5.84. The van der Waals surface area contributed by atoms with Gasteiger partial charge in [-0.1, -0.05) is 74.3 Å². The van der Waals surface area contributed by atoms with Crippen LogP contribution in [0.2, 0.25) is 0 Å². The van der Waals surface area contributed by atoms with Crippen molar-refractivity contribution in [3.8, 4) is 12.3 Å². The van der Waals surface area contributed by atoms with Crippen LogP contribution in [-0.2, 0) is 4.74 Å². The fraction of sp³-hybridized carbons (Fsp3) is 0.565. The zero-order valence-electron chi connectivity index (χ0n) is 15.6. The highest BCUT2D eigenvalue weighted by Gasteiger charge is 1.86. The second kappa shape index (κ2) is 21.5. The Kier molecular flexibility index (Phi) is 20.1. The van der Waals surface area contributed by atoms with Gasteiger partial charge in [0.05, 0.1) is 0 Å². The lowest BCUT2D eigenvalue weighted by Gasteiger charge is -1.97. The molecule has 0 unspecified atom stereocenters. The van der Waals surface area contributed by atoms with Crippen LogP contribution in [0.25, 0.3) is 0 Å². The third-order valence-electron chi connectivity index (χ3n) is 3.55. The van der Waals surface area contributed by atoms with Crippen LogP contribution in [0.3, 0.4) is 0 Å². The molecule has 0 rings (SSSR count). The van der Waals surface area contributed by atoms with Gasteiger partial charge in [-0.05, 0) is 51.4 Å². The maximum atomic E-state index is 5.23. The Bertz CT molecular complexity index is 393. The highest BCUT2D eigenvalue weighted by atomic mass is 16.5. The van der Waals surface area contributed by atoms with Crippen molar-refractivity contribution in [3.63, 3.8) is 0 Å². The first-order chi connectivity index (χ1) is 11.9. The predicted octanol–water partition coefficient (Wildman–Crippen LogP) is 6.78. The third kappa shape index (κ3) is 20.5. The van der Waals surface area contributed by atoms with Gasteiger partial charge in [-0.2, -0.15) is 0 Å². The molecule has 0 radical (unpaired) electrons. The first kappa shape index (κ1) is 22.5. The van der Waals surface area contributed by atoms with Crippen molar-refractivity contribution in [2.45, 2.75) is 71.1 Å².